The maximum atomic E-state index is 5.42. The van der Waals surface area contributed by atoms with Gasteiger partial charge in [0.05, 0.1) is 26.9 Å². The molecule has 6 heteroatoms. The van der Waals surface area contributed by atoms with Crippen LogP contribution in [0.2, 0.25) is 0 Å². The normalized spacial score (nSPS) is 14.6. The fourth-order valence-electron chi connectivity index (χ4n) is 3.26. The Hall–Kier alpha value is -2.73. The minimum atomic E-state index is 0.654. The third-order valence-electron chi connectivity index (χ3n) is 4.94. The Kier molecular flexibility index (Phi) is 8.19. The quantitative estimate of drug-likeness (QED) is 0.531. The van der Waals surface area contributed by atoms with E-state index in [9.17, 15) is 0 Å². The van der Waals surface area contributed by atoms with E-state index < -0.39 is 0 Å². The van der Waals surface area contributed by atoms with Gasteiger partial charge >= 0.3 is 0 Å². The zero-order valence-electron chi connectivity index (χ0n) is 17.5. The lowest BCUT2D eigenvalue weighted by molar-refractivity contribution is 0.122. The number of guanidine groups is 1. The average molecular weight is 397 g/mol. The summed E-state index contributed by atoms with van der Waals surface area (Å²) < 4.78 is 10.6. The molecule has 0 unspecified atom stereocenters. The van der Waals surface area contributed by atoms with E-state index in [1.54, 1.807) is 7.11 Å². The molecule has 0 saturated carbocycles. The number of nitrogens with zero attached hydrogens (tertiary/aromatic N) is 2. The van der Waals surface area contributed by atoms with Crippen LogP contribution in [0.4, 0.5) is 5.69 Å². The molecule has 1 fully saturated rings. The molecule has 1 aliphatic heterocycles. The van der Waals surface area contributed by atoms with Gasteiger partial charge in [0.2, 0.25) is 0 Å². The molecule has 0 aliphatic carbocycles. The van der Waals surface area contributed by atoms with Crippen molar-refractivity contribution in [1.82, 2.24) is 10.6 Å². The van der Waals surface area contributed by atoms with Crippen molar-refractivity contribution in [2.75, 3.05) is 51.4 Å². The molecule has 0 atom stereocenters. The highest BCUT2D eigenvalue weighted by Gasteiger charge is 2.10. The molecule has 1 aliphatic rings. The molecule has 6 nitrogen and oxygen atoms in total. The van der Waals surface area contributed by atoms with Gasteiger partial charge in [-0.3, -0.25) is 0 Å². The van der Waals surface area contributed by atoms with E-state index in [1.807, 2.05) is 12.1 Å². The minimum Gasteiger partial charge on any atom is -0.497 e. The Bertz CT molecular complexity index is 753. The number of rotatable bonds is 8. The highest BCUT2D eigenvalue weighted by Crippen LogP contribution is 2.17. The number of anilines is 1. The fraction of sp³-hybridized carbons (Fsp3) is 0.435. The van der Waals surface area contributed by atoms with Crippen LogP contribution in [0.3, 0.4) is 0 Å². The Morgan fingerprint density at radius 1 is 1.00 bits per heavy atom. The number of hydrogen-bond donors (Lipinski definition) is 2. The van der Waals surface area contributed by atoms with E-state index >= 15 is 0 Å². The zero-order chi connectivity index (χ0) is 20.3. The second-order valence-corrected chi connectivity index (χ2v) is 6.99. The van der Waals surface area contributed by atoms with Crippen LogP contribution in [0, 0.1) is 0 Å². The molecular weight excluding hydrogens is 364 g/mol. The summed E-state index contributed by atoms with van der Waals surface area (Å²) in [5, 5.41) is 6.73. The van der Waals surface area contributed by atoms with Gasteiger partial charge in [0.25, 0.3) is 0 Å². The fourth-order valence-corrected chi connectivity index (χ4v) is 3.26. The summed E-state index contributed by atoms with van der Waals surface area (Å²) in [7, 11) is 1.69. The van der Waals surface area contributed by atoms with Crippen molar-refractivity contribution in [2.45, 2.75) is 19.9 Å². The Balaban J connectivity index is 1.50. The van der Waals surface area contributed by atoms with Crippen LogP contribution < -0.4 is 20.3 Å². The number of benzene rings is 2. The predicted molar refractivity (Wildman–Crippen MR) is 119 cm³/mol. The van der Waals surface area contributed by atoms with E-state index in [1.165, 1.54) is 16.8 Å². The third kappa shape index (κ3) is 6.68. The molecule has 1 saturated heterocycles. The van der Waals surface area contributed by atoms with Crippen molar-refractivity contribution in [1.29, 1.82) is 0 Å². The first-order valence-electron chi connectivity index (χ1n) is 10.3. The molecule has 0 aromatic heterocycles. The molecule has 156 valence electrons. The number of nitrogens with one attached hydrogen (secondary N) is 2. The van der Waals surface area contributed by atoms with Gasteiger partial charge in [-0.2, -0.15) is 0 Å². The van der Waals surface area contributed by atoms with Gasteiger partial charge in [-0.05, 0) is 48.7 Å². The van der Waals surface area contributed by atoms with Crippen molar-refractivity contribution in [3.63, 3.8) is 0 Å². The van der Waals surface area contributed by atoms with Crippen LogP contribution in [-0.2, 0) is 17.7 Å². The summed E-state index contributed by atoms with van der Waals surface area (Å²) in [4.78, 5) is 7.09. The largest absolute Gasteiger partial charge is 0.497 e. The van der Waals surface area contributed by atoms with Crippen molar-refractivity contribution < 1.29 is 9.47 Å². The third-order valence-corrected chi connectivity index (χ3v) is 4.94. The second-order valence-electron chi connectivity index (χ2n) is 6.99. The maximum Gasteiger partial charge on any atom is 0.191 e. The average Bonchev–Trinajstić information content (AvgIpc) is 2.79. The molecule has 0 amide bonds. The van der Waals surface area contributed by atoms with Crippen molar-refractivity contribution >= 4 is 11.6 Å². The molecule has 1 heterocycles. The van der Waals surface area contributed by atoms with Crippen LogP contribution in [0.15, 0.2) is 53.5 Å². The van der Waals surface area contributed by atoms with E-state index in [-0.39, 0.29) is 0 Å². The van der Waals surface area contributed by atoms with Crippen LogP contribution >= 0.6 is 0 Å². The minimum absolute atomic E-state index is 0.654. The number of morpholine rings is 1. The second kappa shape index (κ2) is 11.3. The number of methoxy groups -OCH3 is 1. The van der Waals surface area contributed by atoms with E-state index in [0.717, 1.165) is 57.5 Å². The highest BCUT2D eigenvalue weighted by molar-refractivity contribution is 5.79. The Morgan fingerprint density at radius 3 is 2.34 bits per heavy atom. The van der Waals surface area contributed by atoms with Crippen molar-refractivity contribution in [2.24, 2.45) is 4.99 Å². The molecule has 0 radical (unpaired) electrons. The summed E-state index contributed by atoms with van der Waals surface area (Å²) in [5.74, 6) is 1.73. The smallest absolute Gasteiger partial charge is 0.191 e. The van der Waals surface area contributed by atoms with Gasteiger partial charge in [0.15, 0.2) is 5.96 Å². The van der Waals surface area contributed by atoms with Gasteiger partial charge in [-0.25, -0.2) is 4.99 Å². The van der Waals surface area contributed by atoms with Crippen LogP contribution in [0.1, 0.15) is 18.1 Å². The molecule has 2 aromatic carbocycles. The lowest BCUT2D eigenvalue weighted by Gasteiger charge is -2.28. The summed E-state index contributed by atoms with van der Waals surface area (Å²) >= 11 is 0. The first kappa shape index (κ1) is 21.0. The zero-order valence-corrected chi connectivity index (χ0v) is 17.5. The molecular formula is C23H32N4O2. The molecule has 2 N–H and O–H groups in total. The number of aliphatic imine (C=N–C) groups is 1. The van der Waals surface area contributed by atoms with Crippen molar-refractivity contribution in [3.05, 3.63) is 59.7 Å². The highest BCUT2D eigenvalue weighted by atomic mass is 16.5. The molecule has 2 aromatic rings. The van der Waals surface area contributed by atoms with Gasteiger partial charge in [0.1, 0.15) is 5.75 Å². The summed E-state index contributed by atoms with van der Waals surface area (Å²) in [5.41, 5.74) is 3.73. The summed E-state index contributed by atoms with van der Waals surface area (Å²) in [6.45, 7) is 7.93. The van der Waals surface area contributed by atoms with Crippen molar-refractivity contribution in [3.8, 4) is 5.75 Å². The molecule has 0 spiro atoms. The SMILES string of the molecule is CCNC(=NCc1ccc(N2CCOCC2)cc1)NCCc1ccc(OC)cc1. The Morgan fingerprint density at radius 2 is 1.69 bits per heavy atom. The first-order chi connectivity index (χ1) is 14.3. The monoisotopic (exact) mass is 396 g/mol. The number of hydrogen-bond acceptors (Lipinski definition) is 4. The number of ether oxygens (including phenoxy) is 2. The summed E-state index contributed by atoms with van der Waals surface area (Å²) in [6, 6.07) is 16.9. The lowest BCUT2D eigenvalue weighted by Crippen LogP contribution is -2.38. The van der Waals surface area contributed by atoms with Crippen LogP contribution in [0.5, 0.6) is 5.75 Å². The standard InChI is InChI=1S/C23H32N4O2/c1-3-24-23(25-13-12-19-6-10-22(28-2)11-7-19)26-18-20-4-8-21(9-5-20)27-14-16-29-17-15-27/h4-11H,3,12-18H2,1-2H3,(H2,24,25,26). The van der Waals surface area contributed by atoms with Crippen LogP contribution in [-0.4, -0.2) is 52.5 Å². The lowest BCUT2D eigenvalue weighted by atomic mass is 10.1. The Labute approximate surface area is 173 Å². The summed E-state index contributed by atoms with van der Waals surface area (Å²) in [6.07, 6.45) is 0.933. The van der Waals surface area contributed by atoms with E-state index in [4.69, 9.17) is 14.5 Å². The van der Waals surface area contributed by atoms with Gasteiger partial charge in [0, 0.05) is 31.9 Å². The van der Waals surface area contributed by atoms with Gasteiger partial charge in [-0.1, -0.05) is 24.3 Å². The molecule has 29 heavy (non-hydrogen) atoms. The van der Waals surface area contributed by atoms with Crippen LogP contribution in [0.25, 0.3) is 0 Å². The predicted octanol–water partition coefficient (Wildman–Crippen LogP) is 2.83. The van der Waals surface area contributed by atoms with Gasteiger partial charge in [-0.15, -0.1) is 0 Å². The first-order valence-corrected chi connectivity index (χ1v) is 10.3. The maximum absolute atomic E-state index is 5.42. The topological polar surface area (TPSA) is 58.1 Å². The van der Waals surface area contributed by atoms with E-state index in [2.05, 4.69) is 58.9 Å². The molecule has 0 bridgehead atoms. The van der Waals surface area contributed by atoms with Gasteiger partial charge < -0.3 is 25.0 Å². The molecule has 3 rings (SSSR count). The van der Waals surface area contributed by atoms with E-state index in [0.29, 0.717) is 6.54 Å².